The first-order valence-corrected chi connectivity index (χ1v) is 10.9. The molecular weight excluding hydrogens is 396 g/mol. The Kier molecular flexibility index (Phi) is 6.34. The summed E-state index contributed by atoms with van der Waals surface area (Å²) in [5, 5.41) is 14.7. The van der Waals surface area contributed by atoms with E-state index >= 15 is 0 Å². The summed E-state index contributed by atoms with van der Waals surface area (Å²) in [7, 11) is 1.71. The highest BCUT2D eigenvalue weighted by Crippen LogP contribution is 2.32. The highest BCUT2D eigenvalue weighted by atomic mass is 35.5. The van der Waals surface area contributed by atoms with Crippen LogP contribution < -0.4 is 0 Å². The molecule has 28 heavy (non-hydrogen) atoms. The zero-order chi connectivity index (χ0) is 19.3. The Bertz CT molecular complexity index is 940. The first kappa shape index (κ1) is 19.5. The topological polar surface area (TPSA) is 66.0 Å². The molecule has 1 aliphatic carbocycles. The number of benzene rings is 1. The third-order valence-corrected chi connectivity index (χ3v) is 6.24. The Labute approximate surface area is 173 Å². The minimum atomic E-state index is 0.671. The van der Waals surface area contributed by atoms with Crippen molar-refractivity contribution in [2.75, 3.05) is 13.7 Å². The summed E-state index contributed by atoms with van der Waals surface area (Å²) in [6, 6.07) is 7.73. The van der Waals surface area contributed by atoms with Crippen LogP contribution in [0.15, 0.2) is 33.9 Å². The minimum absolute atomic E-state index is 0.671. The zero-order valence-electron chi connectivity index (χ0n) is 15.9. The molecule has 4 rings (SSSR count). The van der Waals surface area contributed by atoms with Crippen LogP contribution in [0.5, 0.6) is 0 Å². The van der Waals surface area contributed by atoms with Gasteiger partial charge in [0.05, 0.1) is 10.7 Å². The van der Waals surface area contributed by atoms with E-state index < -0.39 is 0 Å². The summed E-state index contributed by atoms with van der Waals surface area (Å²) >= 11 is 8.04. The van der Waals surface area contributed by atoms with Crippen LogP contribution in [0.2, 0.25) is 5.02 Å². The number of hydrogen-bond acceptors (Lipinski definition) is 6. The van der Waals surface area contributed by atoms with Crippen molar-refractivity contribution in [2.45, 2.75) is 49.6 Å². The molecule has 3 aromatic rings. The van der Waals surface area contributed by atoms with Gasteiger partial charge in [-0.2, -0.15) is 0 Å². The number of fused-ring (bicyclic) bond motifs is 1. The molecule has 148 valence electrons. The van der Waals surface area contributed by atoms with Crippen molar-refractivity contribution in [3.05, 3.63) is 46.3 Å². The van der Waals surface area contributed by atoms with Gasteiger partial charge in [0.1, 0.15) is 5.76 Å². The summed E-state index contributed by atoms with van der Waals surface area (Å²) in [5.41, 5.74) is 3.21. The normalized spacial score (nSPS) is 13.6. The number of halogens is 1. The third-order valence-electron chi connectivity index (χ3n) is 4.93. The predicted octanol–water partition coefficient (Wildman–Crippen LogP) is 4.79. The van der Waals surface area contributed by atoms with Gasteiger partial charge in [0.2, 0.25) is 0 Å². The Morgan fingerprint density at radius 1 is 1.21 bits per heavy atom. The Balaban J connectivity index is 1.58. The van der Waals surface area contributed by atoms with Crippen molar-refractivity contribution < 1.29 is 9.26 Å². The zero-order valence-corrected chi connectivity index (χ0v) is 17.4. The van der Waals surface area contributed by atoms with Crippen molar-refractivity contribution in [1.82, 2.24) is 19.9 Å². The molecule has 1 aromatic carbocycles. The molecule has 0 radical (unpaired) electrons. The Morgan fingerprint density at radius 2 is 2.07 bits per heavy atom. The third kappa shape index (κ3) is 4.11. The van der Waals surface area contributed by atoms with Gasteiger partial charge >= 0.3 is 0 Å². The number of ether oxygens (including phenoxy) is 1. The van der Waals surface area contributed by atoms with E-state index in [-0.39, 0.29) is 0 Å². The number of rotatable bonds is 8. The van der Waals surface area contributed by atoms with Crippen LogP contribution >= 0.6 is 23.4 Å². The van der Waals surface area contributed by atoms with E-state index in [1.807, 2.05) is 24.3 Å². The van der Waals surface area contributed by atoms with Gasteiger partial charge < -0.3 is 13.8 Å². The molecule has 0 atom stereocenters. The monoisotopic (exact) mass is 418 g/mol. The van der Waals surface area contributed by atoms with Crippen molar-refractivity contribution in [2.24, 2.45) is 0 Å². The molecule has 1 aliphatic rings. The lowest BCUT2D eigenvalue weighted by Crippen LogP contribution is -2.06. The smallest absolute Gasteiger partial charge is 0.191 e. The SMILES string of the molecule is COCCCn1c(SCc2noc3c2CCCC3)nnc1-c1ccccc1Cl. The molecule has 0 N–H and O–H groups in total. The second kappa shape index (κ2) is 9.11. The van der Waals surface area contributed by atoms with E-state index in [2.05, 4.69) is 19.9 Å². The van der Waals surface area contributed by atoms with Crippen molar-refractivity contribution in [3.8, 4) is 11.4 Å². The average molecular weight is 419 g/mol. The van der Waals surface area contributed by atoms with Crippen molar-refractivity contribution in [3.63, 3.8) is 0 Å². The summed E-state index contributed by atoms with van der Waals surface area (Å²) in [6.07, 6.45) is 5.31. The quantitative estimate of drug-likeness (QED) is 0.387. The number of hydrogen-bond donors (Lipinski definition) is 0. The van der Waals surface area contributed by atoms with Crippen LogP contribution in [0.1, 0.15) is 36.3 Å². The molecular formula is C20H23ClN4O2S. The van der Waals surface area contributed by atoms with E-state index in [0.29, 0.717) is 11.6 Å². The van der Waals surface area contributed by atoms with Crippen LogP contribution in [0, 0.1) is 0 Å². The largest absolute Gasteiger partial charge is 0.385 e. The summed E-state index contributed by atoms with van der Waals surface area (Å²) in [5.74, 6) is 2.57. The molecule has 2 heterocycles. The van der Waals surface area contributed by atoms with Crippen LogP contribution in [0.25, 0.3) is 11.4 Å². The lowest BCUT2D eigenvalue weighted by molar-refractivity contribution is 0.189. The summed E-state index contributed by atoms with van der Waals surface area (Å²) in [6.45, 7) is 1.45. The second-order valence-electron chi connectivity index (χ2n) is 6.81. The molecule has 0 amide bonds. The lowest BCUT2D eigenvalue weighted by atomic mass is 9.97. The maximum absolute atomic E-state index is 6.40. The highest BCUT2D eigenvalue weighted by molar-refractivity contribution is 7.98. The van der Waals surface area contributed by atoms with E-state index in [9.17, 15) is 0 Å². The van der Waals surface area contributed by atoms with Gasteiger partial charge in [-0.05, 0) is 37.8 Å². The van der Waals surface area contributed by atoms with Gasteiger partial charge in [0.15, 0.2) is 11.0 Å². The standard InChI is InChI=1S/C20H23ClN4O2S/c1-26-12-6-11-25-19(14-7-2-4-9-16(14)21)22-23-20(25)28-13-17-15-8-3-5-10-18(15)27-24-17/h2,4,7,9H,3,5-6,8,10-13H2,1H3. The van der Waals surface area contributed by atoms with E-state index in [4.69, 9.17) is 20.9 Å². The molecule has 0 bridgehead atoms. The second-order valence-corrected chi connectivity index (χ2v) is 8.16. The van der Waals surface area contributed by atoms with Crippen LogP contribution in [-0.2, 0) is 29.9 Å². The first-order valence-electron chi connectivity index (χ1n) is 9.54. The molecule has 0 spiro atoms. The van der Waals surface area contributed by atoms with Crippen LogP contribution in [0.3, 0.4) is 0 Å². The molecule has 0 fully saturated rings. The predicted molar refractivity (Wildman–Crippen MR) is 110 cm³/mol. The van der Waals surface area contributed by atoms with E-state index in [0.717, 1.165) is 59.6 Å². The van der Waals surface area contributed by atoms with Gasteiger partial charge in [-0.25, -0.2) is 0 Å². The van der Waals surface area contributed by atoms with E-state index in [1.165, 1.54) is 18.4 Å². The molecule has 0 unspecified atom stereocenters. The van der Waals surface area contributed by atoms with Gasteiger partial charge in [-0.1, -0.05) is 40.7 Å². The number of nitrogens with zero attached hydrogens (tertiary/aromatic N) is 4. The van der Waals surface area contributed by atoms with Crippen molar-refractivity contribution >= 4 is 23.4 Å². The first-order chi connectivity index (χ1) is 13.8. The molecule has 8 heteroatoms. The molecule has 6 nitrogen and oxygen atoms in total. The molecule has 0 aliphatic heterocycles. The highest BCUT2D eigenvalue weighted by Gasteiger charge is 2.21. The summed E-state index contributed by atoms with van der Waals surface area (Å²) < 4.78 is 12.9. The fourth-order valence-electron chi connectivity index (χ4n) is 3.50. The average Bonchev–Trinajstić information content (AvgIpc) is 3.31. The van der Waals surface area contributed by atoms with E-state index in [1.54, 1.807) is 18.9 Å². The maximum atomic E-state index is 6.40. The van der Waals surface area contributed by atoms with Gasteiger partial charge in [-0.15, -0.1) is 10.2 Å². The lowest BCUT2D eigenvalue weighted by Gasteiger charge is -2.11. The Morgan fingerprint density at radius 3 is 2.93 bits per heavy atom. The maximum Gasteiger partial charge on any atom is 0.191 e. The molecule has 0 saturated carbocycles. The van der Waals surface area contributed by atoms with Gasteiger partial charge in [-0.3, -0.25) is 0 Å². The van der Waals surface area contributed by atoms with Crippen LogP contribution in [0.4, 0.5) is 0 Å². The minimum Gasteiger partial charge on any atom is -0.385 e. The number of aryl methyl sites for hydroxylation is 1. The fourth-order valence-corrected chi connectivity index (χ4v) is 4.65. The number of methoxy groups -OCH3 is 1. The fraction of sp³-hybridized carbons (Fsp3) is 0.450. The van der Waals surface area contributed by atoms with Crippen molar-refractivity contribution in [1.29, 1.82) is 0 Å². The number of thioether (sulfide) groups is 1. The molecule has 0 saturated heterocycles. The molecule has 2 aromatic heterocycles. The Hall–Kier alpha value is -1.83. The van der Waals surface area contributed by atoms with Gasteiger partial charge in [0, 0.05) is 43.6 Å². The summed E-state index contributed by atoms with van der Waals surface area (Å²) in [4.78, 5) is 0. The van der Waals surface area contributed by atoms with Gasteiger partial charge in [0.25, 0.3) is 0 Å². The van der Waals surface area contributed by atoms with Crippen LogP contribution in [-0.4, -0.2) is 33.6 Å². The number of aromatic nitrogens is 4.